The Morgan fingerprint density at radius 2 is 1.15 bits per heavy atom. The summed E-state index contributed by atoms with van der Waals surface area (Å²) in [6.45, 7) is 0. The van der Waals surface area contributed by atoms with Crippen molar-refractivity contribution >= 4 is 5.70 Å². The molecule has 7 aromatic carbocycles. The molecule has 3 aliphatic rings. The fraction of sp³-hybridized carbons (Fsp3) is 0.0816. The molecule has 1 spiro atoms. The van der Waals surface area contributed by atoms with Crippen molar-refractivity contribution in [2.24, 2.45) is 0 Å². The lowest BCUT2D eigenvalue weighted by molar-refractivity contribution is 0.442. The van der Waals surface area contributed by atoms with E-state index in [9.17, 15) is 5.26 Å². The average Bonchev–Trinajstić information content (AvgIpc) is 3.51. The van der Waals surface area contributed by atoms with Gasteiger partial charge >= 0.3 is 0 Å². The van der Waals surface area contributed by atoms with Crippen molar-refractivity contribution in [1.82, 2.24) is 10.6 Å². The van der Waals surface area contributed by atoms with E-state index in [0.29, 0.717) is 5.56 Å². The van der Waals surface area contributed by atoms with Gasteiger partial charge in [0.1, 0.15) is 6.17 Å². The van der Waals surface area contributed by atoms with Gasteiger partial charge in [-0.3, -0.25) is 5.32 Å². The molecule has 2 N–H and O–H groups in total. The molecule has 0 amide bonds. The van der Waals surface area contributed by atoms with Gasteiger partial charge in [0.2, 0.25) is 0 Å². The lowest BCUT2D eigenvalue weighted by atomic mass is 9.61. The minimum atomic E-state index is -0.388. The highest BCUT2D eigenvalue weighted by atomic mass is 15.2. The van der Waals surface area contributed by atoms with E-state index < -0.39 is 0 Å². The van der Waals surface area contributed by atoms with E-state index in [1.54, 1.807) is 0 Å². The second kappa shape index (κ2) is 12.1. The maximum atomic E-state index is 9.41. The molecule has 52 heavy (non-hydrogen) atoms. The highest BCUT2D eigenvalue weighted by Gasteiger charge is 2.49. The normalized spacial score (nSPS) is 17.5. The van der Waals surface area contributed by atoms with Gasteiger partial charge in [-0.15, -0.1) is 0 Å². The molecule has 3 heteroatoms. The van der Waals surface area contributed by atoms with Gasteiger partial charge in [-0.05, 0) is 109 Å². The van der Waals surface area contributed by atoms with E-state index >= 15 is 0 Å². The quantitative estimate of drug-likeness (QED) is 0.197. The molecule has 0 fully saturated rings. The Morgan fingerprint density at radius 1 is 0.519 bits per heavy atom. The van der Waals surface area contributed by atoms with Crippen molar-refractivity contribution in [3.05, 3.63) is 232 Å². The summed E-state index contributed by atoms with van der Waals surface area (Å²) < 4.78 is 0. The molecule has 0 saturated carbocycles. The molecular formula is C49H35N3. The second-order valence-electron chi connectivity index (χ2n) is 14.1. The van der Waals surface area contributed by atoms with Crippen LogP contribution in [0.5, 0.6) is 0 Å². The first-order valence-electron chi connectivity index (χ1n) is 18.0. The largest absolute Gasteiger partial charge is 0.366 e. The third kappa shape index (κ3) is 4.69. The highest BCUT2D eigenvalue weighted by molar-refractivity contribution is 5.90. The van der Waals surface area contributed by atoms with Crippen molar-refractivity contribution in [3.63, 3.8) is 0 Å². The van der Waals surface area contributed by atoms with Crippen LogP contribution in [0.25, 0.3) is 28.0 Å². The van der Waals surface area contributed by atoms with Crippen molar-refractivity contribution in [2.75, 3.05) is 0 Å². The molecular weight excluding hydrogens is 631 g/mol. The van der Waals surface area contributed by atoms with Gasteiger partial charge in [0, 0.05) is 5.70 Å². The van der Waals surface area contributed by atoms with Crippen molar-refractivity contribution in [3.8, 4) is 28.3 Å². The standard InChI is InChI=1S/C49H35N3/c50-31-32-21-23-34(24-22-32)48-51-46(33-11-2-1-3-12-33)30-47(52-48)39-16-10-15-35(27-39)36-25-26-41-40-17-6-9-20-44(40)49(45(41)29-36)42-18-7-4-13-37(42)28-38-14-5-8-19-43(38)49/h1-27,29-30,46,48,51-52H,28H2. The predicted octanol–water partition coefficient (Wildman–Crippen LogP) is 10.5. The lowest BCUT2D eigenvalue weighted by Gasteiger charge is -2.40. The molecule has 246 valence electrons. The van der Waals surface area contributed by atoms with Crippen LogP contribution in [0.4, 0.5) is 0 Å². The highest BCUT2D eigenvalue weighted by Crippen LogP contribution is 2.59. The maximum absolute atomic E-state index is 9.41. The summed E-state index contributed by atoms with van der Waals surface area (Å²) in [7, 11) is 0. The molecule has 2 atom stereocenters. The number of hydrogen-bond acceptors (Lipinski definition) is 3. The zero-order valence-electron chi connectivity index (χ0n) is 28.6. The van der Waals surface area contributed by atoms with Crippen LogP contribution >= 0.6 is 0 Å². The number of nitrogens with zero attached hydrogens (tertiary/aromatic N) is 1. The molecule has 0 aromatic heterocycles. The summed E-state index contributed by atoms with van der Waals surface area (Å²) in [5, 5.41) is 17.0. The molecule has 2 unspecified atom stereocenters. The smallest absolute Gasteiger partial charge is 0.104 e. The van der Waals surface area contributed by atoms with Gasteiger partial charge in [-0.25, -0.2) is 0 Å². The van der Waals surface area contributed by atoms with Crippen LogP contribution in [0.3, 0.4) is 0 Å². The molecule has 2 aliphatic carbocycles. The number of hydrogen-bond donors (Lipinski definition) is 2. The second-order valence-corrected chi connectivity index (χ2v) is 14.1. The van der Waals surface area contributed by atoms with Gasteiger partial charge in [0.05, 0.1) is 23.1 Å². The van der Waals surface area contributed by atoms with Crippen LogP contribution in [0, 0.1) is 11.3 Å². The first-order valence-corrected chi connectivity index (χ1v) is 18.0. The number of fused-ring (bicyclic) bond motifs is 9. The molecule has 0 saturated heterocycles. The van der Waals surface area contributed by atoms with E-state index in [-0.39, 0.29) is 17.6 Å². The van der Waals surface area contributed by atoms with E-state index in [0.717, 1.165) is 23.2 Å². The lowest BCUT2D eigenvalue weighted by Crippen LogP contribution is -2.39. The van der Waals surface area contributed by atoms with Crippen LogP contribution in [0.1, 0.15) is 67.8 Å². The molecule has 1 aliphatic heterocycles. The summed E-state index contributed by atoms with van der Waals surface area (Å²) in [6, 6.07) is 63.8. The molecule has 7 aromatic rings. The summed E-state index contributed by atoms with van der Waals surface area (Å²) >= 11 is 0. The SMILES string of the molecule is N#Cc1ccc(C2NC(c3cccc(-c4ccc5c(c4)C4(c6ccccc6Cc6ccccc64)c4ccccc4-5)c3)=CC(c3ccccc3)N2)cc1. The van der Waals surface area contributed by atoms with Gasteiger partial charge in [0.25, 0.3) is 0 Å². The number of benzene rings is 7. The van der Waals surface area contributed by atoms with Gasteiger partial charge < -0.3 is 5.32 Å². The van der Waals surface area contributed by atoms with E-state index in [1.165, 1.54) is 61.2 Å². The summed E-state index contributed by atoms with van der Waals surface area (Å²) in [6.07, 6.45) is 3.10. The summed E-state index contributed by atoms with van der Waals surface area (Å²) in [4.78, 5) is 0. The predicted molar refractivity (Wildman–Crippen MR) is 209 cm³/mol. The number of nitriles is 1. The first kappa shape index (κ1) is 30.4. The fourth-order valence-electron chi connectivity index (χ4n) is 8.94. The van der Waals surface area contributed by atoms with Crippen molar-refractivity contribution in [1.29, 1.82) is 5.26 Å². The first-order chi connectivity index (χ1) is 25.7. The van der Waals surface area contributed by atoms with Crippen LogP contribution in [0.2, 0.25) is 0 Å². The minimum absolute atomic E-state index is 0.00606. The molecule has 1 heterocycles. The zero-order valence-corrected chi connectivity index (χ0v) is 28.6. The Morgan fingerprint density at radius 3 is 1.90 bits per heavy atom. The fourth-order valence-corrected chi connectivity index (χ4v) is 8.94. The number of rotatable bonds is 4. The summed E-state index contributed by atoms with van der Waals surface area (Å²) in [5.41, 5.74) is 18.0. The Labute approximate surface area is 304 Å². The minimum Gasteiger partial charge on any atom is -0.366 e. The van der Waals surface area contributed by atoms with Gasteiger partial charge in [-0.2, -0.15) is 5.26 Å². The number of nitrogens with one attached hydrogen (secondary N) is 2. The average molecular weight is 666 g/mol. The van der Waals surface area contributed by atoms with Crippen LogP contribution in [0.15, 0.2) is 176 Å². The van der Waals surface area contributed by atoms with E-state index in [1.807, 2.05) is 24.3 Å². The zero-order chi connectivity index (χ0) is 34.6. The van der Waals surface area contributed by atoms with Crippen molar-refractivity contribution in [2.45, 2.75) is 24.0 Å². The van der Waals surface area contributed by atoms with Crippen LogP contribution < -0.4 is 10.6 Å². The third-order valence-electron chi connectivity index (χ3n) is 11.3. The molecule has 0 radical (unpaired) electrons. The van der Waals surface area contributed by atoms with E-state index in [2.05, 4.69) is 168 Å². The van der Waals surface area contributed by atoms with Crippen LogP contribution in [-0.4, -0.2) is 0 Å². The van der Waals surface area contributed by atoms with E-state index in [4.69, 9.17) is 0 Å². The van der Waals surface area contributed by atoms with Crippen LogP contribution in [-0.2, 0) is 11.8 Å². The maximum Gasteiger partial charge on any atom is 0.104 e. The van der Waals surface area contributed by atoms with Gasteiger partial charge in [-0.1, -0.05) is 146 Å². The van der Waals surface area contributed by atoms with Crippen molar-refractivity contribution < 1.29 is 0 Å². The molecule has 3 nitrogen and oxygen atoms in total. The Hall–Kier alpha value is -6.47. The Balaban J connectivity index is 1.11. The molecule has 10 rings (SSSR count). The molecule has 0 bridgehead atoms. The Kier molecular flexibility index (Phi) is 7.06. The van der Waals surface area contributed by atoms with Gasteiger partial charge in [0.15, 0.2) is 0 Å². The topological polar surface area (TPSA) is 47.9 Å². The monoisotopic (exact) mass is 665 g/mol. The summed E-state index contributed by atoms with van der Waals surface area (Å²) in [5.74, 6) is 0. The Bertz CT molecular complexity index is 2530. The third-order valence-corrected chi connectivity index (χ3v) is 11.3.